The highest BCUT2D eigenvalue weighted by Gasteiger charge is 2.12. The summed E-state index contributed by atoms with van der Waals surface area (Å²) in [6.07, 6.45) is -0.275. The van der Waals surface area contributed by atoms with Crippen LogP contribution in [0.2, 0.25) is 0 Å². The molecule has 0 spiro atoms. The normalized spacial score (nSPS) is 11.7. The molecule has 0 aliphatic carbocycles. The van der Waals surface area contributed by atoms with E-state index in [1.807, 2.05) is 0 Å². The van der Waals surface area contributed by atoms with E-state index in [1.165, 1.54) is 26.4 Å². The fraction of sp³-hybridized carbons (Fsp3) is 0.385. The van der Waals surface area contributed by atoms with Crippen LogP contribution >= 0.6 is 0 Å². The monoisotopic (exact) mass is 298 g/mol. The maximum absolute atomic E-state index is 11.7. The molecular weight excluding hydrogens is 280 g/mol. The Hall–Kier alpha value is -2.32. The minimum absolute atomic E-state index is 0.236. The number of hydrogen-bond acceptors (Lipinski definition) is 5. The summed E-state index contributed by atoms with van der Waals surface area (Å²) in [5.41, 5.74) is 0.0382. The van der Waals surface area contributed by atoms with Crippen molar-refractivity contribution in [2.75, 3.05) is 32.7 Å². The van der Waals surface area contributed by atoms with Crippen LogP contribution in [0, 0.1) is 0 Å². The number of anilines is 1. The summed E-state index contributed by atoms with van der Waals surface area (Å²) in [4.78, 5) is 22.4. The number of amides is 2. The number of nitrogens with one attached hydrogen (secondary N) is 2. The number of benzene rings is 1. The molecule has 0 saturated carbocycles. The summed E-state index contributed by atoms with van der Waals surface area (Å²) < 4.78 is 9.99. The van der Waals surface area contributed by atoms with Crippen molar-refractivity contribution in [3.63, 3.8) is 0 Å². The van der Waals surface area contributed by atoms with Gasteiger partial charge in [-0.15, -0.1) is 0 Å². The van der Waals surface area contributed by atoms with E-state index in [9.17, 15) is 14.7 Å². The third kappa shape index (κ3) is 5.28. The molecule has 0 radical (unpaired) electrons. The average molecular weight is 298 g/mol. The lowest BCUT2D eigenvalue weighted by atomic mass is 10.2. The number of hydrogen-bond donors (Lipinski definition) is 4. The molecule has 0 bridgehead atoms. The third-order valence-corrected chi connectivity index (χ3v) is 2.66. The topological polar surface area (TPSA) is 117 Å². The molecule has 1 aromatic rings. The molecule has 2 amide bonds. The molecule has 1 aromatic carbocycles. The molecule has 0 fully saturated rings. The van der Waals surface area contributed by atoms with E-state index in [1.54, 1.807) is 0 Å². The molecule has 4 N–H and O–H groups in total. The summed E-state index contributed by atoms with van der Waals surface area (Å²) in [6, 6.07) is 3.24. The van der Waals surface area contributed by atoms with Gasteiger partial charge in [0.25, 0.3) is 0 Å². The van der Waals surface area contributed by atoms with Gasteiger partial charge < -0.3 is 30.3 Å². The van der Waals surface area contributed by atoms with Crippen molar-refractivity contribution in [2.24, 2.45) is 0 Å². The van der Waals surface area contributed by atoms with Gasteiger partial charge in [0.05, 0.1) is 12.7 Å². The molecule has 8 nitrogen and oxygen atoms in total. The highest BCUT2D eigenvalue weighted by molar-refractivity contribution is 5.93. The lowest BCUT2D eigenvalue weighted by molar-refractivity contribution is 0.0307. The van der Waals surface area contributed by atoms with Gasteiger partial charge in [0.15, 0.2) is 0 Å². The number of phenols is 1. The van der Waals surface area contributed by atoms with Crippen LogP contribution in [0.25, 0.3) is 0 Å². The Morgan fingerprint density at radius 2 is 2.05 bits per heavy atom. The maximum atomic E-state index is 11.7. The number of aromatic hydroxyl groups is 1. The lowest BCUT2D eigenvalue weighted by Gasteiger charge is -2.15. The standard InChI is InChI=1S/C13H18N2O6/c1-20-7-9(21-2)6-14-13(19)15-8-3-4-10(12(17)18)11(16)5-8/h3-5,9,16H,6-7H2,1-2H3,(H,17,18)(H2,14,15,19). The van der Waals surface area contributed by atoms with Gasteiger partial charge >= 0.3 is 12.0 Å². The highest BCUT2D eigenvalue weighted by Crippen LogP contribution is 2.21. The van der Waals surface area contributed by atoms with Gasteiger partial charge in [-0.2, -0.15) is 0 Å². The Morgan fingerprint density at radius 1 is 1.33 bits per heavy atom. The largest absolute Gasteiger partial charge is 0.507 e. The molecule has 21 heavy (non-hydrogen) atoms. The van der Waals surface area contributed by atoms with Crippen molar-refractivity contribution in [2.45, 2.75) is 6.10 Å². The van der Waals surface area contributed by atoms with Crippen LogP contribution in [0.1, 0.15) is 10.4 Å². The molecular formula is C13H18N2O6. The molecule has 1 atom stereocenters. The van der Waals surface area contributed by atoms with Gasteiger partial charge in [0.2, 0.25) is 0 Å². The molecule has 116 valence electrons. The molecule has 1 rings (SSSR count). The second-order valence-corrected chi connectivity index (χ2v) is 4.19. The van der Waals surface area contributed by atoms with Crippen LogP contribution < -0.4 is 10.6 Å². The maximum Gasteiger partial charge on any atom is 0.339 e. The van der Waals surface area contributed by atoms with Crippen molar-refractivity contribution in [1.82, 2.24) is 5.32 Å². The summed E-state index contributed by atoms with van der Waals surface area (Å²) >= 11 is 0. The van der Waals surface area contributed by atoms with E-state index in [-0.39, 0.29) is 23.9 Å². The zero-order chi connectivity index (χ0) is 15.8. The number of carbonyl (C=O) groups is 2. The molecule has 8 heteroatoms. The Bertz CT molecular complexity index is 505. The highest BCUT2D eigenvalue weighted by atomic mass is 16.5. The van der Waals surface area contributed by atoms with Gasteiger partial charge in [-0.25, -0.2) is 9.59 Å². The fourth-order valence-electron chi connectivity index (χ4n) is 1.57. The Morgan fingerprint density at radius 3 is 2.57 bits per heavy atom. The van der Waals surface area contributed by atoms with Crippen LogP contribution in [-0.2, 0) is 9.47 Å². The smallest absolute Gasteiger partial charge is 0.339 e. The van der Waals surface area contributed by atoms with E-state index < -0.39 is 17.7 Å². The minimum atomic E-state index is -1.24. The zero-order valence-corrected chi connectivity index (χ0v) is 11.8. The summed E-state index contributed by atoms with van der Waals surface area (Å²) in [6.45, 7) is 0.584. The summed E-state index contributed by atoms with van der Waals surface area (Å²) in [7, 11) is 3.03. The van der Waals surface area contributed by atoms with Crippen LogP contribution in [0.5, 0.6) is 5.75 Å². The van der Waals surface area contributed by atoms with Crippen molar-refractivity contribution in [1.29, 1.82) is 0 Å². The number of carboxylic acids is 1. The Balaban J connectivity index is 2.55. The number of carboxylic acid groups (broad SMARTS) is 1. The number of aromatic carboxylic acids is 1. The zero-order valence-electron chi connectivity index (χ0n) is 11.8. The number of methoxy groups -OCH3 is 2. The second kappa shape index (κ2) is 8.08. The first-order valence-electron chi connectivity index (χ1n) is 6.10. The molecule has 0 aromatic heterocycles. The molecule has 0 aliphatic rings. The fourth-order valence-corrected chi connectivity index (χ4v) is 1.57. The quantitative estimate of drug-likeness (QED) is 0.593. The first-order chi connectivity index (χ1) is 9.97. The van der Waals surface area contributed by atoms with Gasteiger partial charge in [-0.1, -0.05) is 0 Å². The van der Waals surface area contributed by atoms with E-state index in [4.69, 9.17) is 14.6 Å². The number of rotatable bonds is 7. The first-order valence-corrected chi connectivity index (χ1v) is 6.10. The molecule has 0 heterocycles. The van der Waals surface area contributed by atoms with Crippen molar-refractivity contribution < 1.29 is 29.3 Å². The average Bonchev–Trinajstić information content (AvgIpc) is 2.43. The van der Waals surface area contributed by atoms with E-state index in [0.717, 1.165) is 6.07 Å². The summed E-state index contributed by atoms with van der Waals surface area (Å²) in [5.74, 6) is -1.67. The van der Waals surface area contributed by atoms with Crippen LogP contribution in [0.3, 0.4) is 0 Å². The van der Waals surface area contributed by atoms with E-state index in [2.05, 4.69) is 10.6 Å². The third-order valence-electron chi connectivity index (χ3n) is 2.66. The lowest BCUT2D eigenvalue weighted by Crippen LogP contribution is -2.37. The number of carbonyl (C=O) groups excluding carboxylic acids is 1. The Labute approximate surface area is 121 Å². The van der Waals surface area contributed by atoms with Gasteiger partial charge in [-0.3, -0.25) is 0 Å². The van der Waals surface area contributed by atoms with Crippen LogP contribution in [0.15, 0.2) is 18.2 Å². The van der Waals surface area contributed by atoms with Crippen molar-refractivity contribution >= 4 is 17.7 Å². The molecule has 0 aliphatic heterocycles. The molecule has 0 saturated heterocycles. The van der Waals surface area contributed by atoms with Gasteiger partial charge in [0.1, 0.15) is 11.3 Å². The minimum Gasteiger partial charge on any atom is -0.507 e. The van der Waals surface area contributed by atoms with Gasteiger partial charge in [0, 0.05) is 32.5 Å². The molecule has 1 unspecified atom stereocenters. The first kappa shape index (κ1) is 16.7. The predicted molar refractivity (Wildman–Crippen MR) is 74.8 cm³/mol. The summed E-state index contributed by atoms with van der Waals surface area (Å²) in [5, 5.41) is 23.3. The Kier molecular flexibility index (Phi) is 6.44. The van der Waals surface area contributed by atoms with Crippen molar-refractivity contribution in [3.8, 4) is 5.75 Å². The number of ether oxygens (including phenoxy) is 2. The van der Waals surface area contributed by atoms with E-state index >= 15 is 0 Å². The second-order valence-electron chi connectivity index (χ2n) is 4.19. The number of urea groups is 1. The van der Waals surface area contributed by atoms with E-state index in [0.29, 0.717) is 6.61 Å². The van der Waals surface area contributed by atoms with Crippen molar-refractivity contribution in [3.05, 3.63) is 23.8 Å². The van der Waals surface area contributed by atoms with Crippen LogP contribution in [-0.4, -0.2) is 55.7 Å². The van der Waals surface area contributed by atoms with Gasteiger partial charge in [-0.05, 0) is 12.1 Å². The SMILES string of the molecule is COCC(CNC(=O)Nc1ccc(C(=O)O)c(O)c1)OC. The predicted octanol–water partition coefficient (Wildman–Crippen LogP) is 0.873. The van der Waals surface area contributed by atoms with Crippen LogP contribution in [0.4, 0.5) is 10.5 Å².